The van der Waals surface area contributed by atoms with Crippen LogP contribution in [0.15, 0.2) is 202 Å². The third-order valence-corrected chi connectivity index (χ3v) is 22.0. The Labute approximate surface area is 713 Å². The number of aromatic amines is 3. The van der Waals surface area contributed by atoms with Gasteiger partial charge in [-0.25, -0.2) is 15.0 Å². The first-order chi connectivity index (χ1) is 59.6. The van der Waals surface area contributed by atoms with Crippen LogP contribution in [0.2, 0.25) is 0 Å². The Kier molecular flexibility index (Phi) is 26.6. The van der Waals surface area contributed by atoms with Crippen molar-refractivity contribution in [3.63, 3.8) is 0 Å². The lowest BCUT2D eigenvalue weighted by molar-refractivity contribution is -0.125. The summed E-state index contributed by atoms with van der Waals surface area (Å²) in [4.78, 5) is 104. The monoisotopic (exact) mass is 1670 g/mol. The third-order valence-electron chi connectivity index (χ3n) is 21.1. The summed E-state index contributed by atoms with van der Waals surface area (Å²) in [5.74, 6) is 2.69. The second-order valence-electron chi connectivity index (χ2n) is 30.1. The maximum Gasteiger partial charge on any atom is 0.277 e. The van der Waals surface area contributed by atoms with E-state index in [-0.39, 0.29) is 40.3 Å². The number of ether oxygens (including phenoxy) is 3. The van der Waals surface area contributed by atoms with Crippen LogP contribution in [0.1, 0.15) is 126 Å². The van der Waals surface area contributed by atoms with Crippen molar-refractivity contribution in [2.45, 2.75) is 99.5 Å². The zero-order valence-electron chi connectivity index (χ0n) is 70.2. The summed E-state index contributed by atoms with van der Waals surface area (Å²) < 4.78 is 22.5. The van der Waals surface area contributed by atoms with E-state index < -0.39 is 0 Å². The fourth-order valence-electron chi connectivity index (χ4n) is 15.0. The summed E-state index contributed by atoms with van der Waals surface area (Å²) in [6, 6.07) is 56.8. The highest BCUT2D eigenvalue weighted by Crippen LogP contribution is 2.37. The molecule has 7 aromatic heterocycles. The number of nitrogens with one attached hydrogen (secondary N) is 6. The molecule has 1 fully saturated rings. The molecule has 0 saturated carbocycles. The Morgan fingerprint density at radius 3 is 1.22 bits per heavy atom. The number of nitrogens with two attached hydrogens (primary N) is 3. The van der Waals surface area contributed by atoms with E-state index in [1.165, 1.54) is 0 Å². The molecule has 0 aliphatic carbocycles. The molecule has 8 heterocycles. The van der Waals surface area contributed by atoms with Crippen LogP contribution in [-0.2, 0) is 64.6 Å². The van der Waals surface area contributed by atoms with Crippen molar-refractivity contribution < 1.29 is 28.6 Å². The minimum absolute atomic E-state index is 0.0269. The van der Waals surface area contributed by atoms with Crippen molar-refractivity contribution in [1.82, 2.24) is 64.1 Å². The minimum Gasteiger partial charge on any atom is -0.493 e. The molecule has 3 amide bonds. The second-order valence-corrected chi connectivity index (χ2v) is 31.0. The molecule has 8 aromatic carbocycles. The first kappa shape index (κ1) is 85.1. The maximum atomic E-state index is 13.1. The highest BCUT2D eigenvalue weighted by Gasteiger charge is 2.33. The van der Waals surface area contributed by atoms with Gasteiger partial charge in [-0.2, -0.15) is 15.3 Å². The number of rotatable bonds is 28. The minimum atomic E-state index is -0.242. The number of carbonyl (C=O) groups excluding carboxylic acids is 3. The summed E-state index contributed by atoms with van der Waals surface area (Å²) in [6.45, 7) is 15.4. The number of anilines is 6. The summed E-state index contributed by atoms with van der Waals surface area (Å²) >= 11 is 1.63. The van der Waals surface area contributed by atoms with E-state index in [4.69, 9.17) is 46.4 Å². The molecule has 0 atom stereocenters. The van der Waals surface area contributed by atoms with Gasteiger partial charge >= 0.3 is 0 Å². The average Bonchev–Trinajstić information content (AvgIpc) is 1.72. The van der Waals surface area contributed by atoms with Gasteiger partial charge in [0, 0.05) is 56.8 Å². The van der Waals surface area contributed by atoms with Crippen LogP contribution < -0.4 is 64.0 Å². The molecule has 28 nitrogen and oxygen atoms in total. The van der Waals surface area contributed by atoms with Crippen LogP contribution in [0, 0.1) is 5.92 Å². The normalized spacial score (nSPS) is 12.0. The molecule has 15 aromatic rings. The predicted octanol–water partition coefficient (Wildman–Crippen LogP) is 15.3. The van der Waals surface area contributed by atoms with Gasteiger partial charge in [0.05, 0.1) is 93.6 Å². The van der Waals surface area contributed by atoms with E-state index in [0.717, 1.165) is 99.4 Å². The molecule has 1 saturated heterocycles. The van der Waals surface area contributed by atoms with Gasteiger partial charge in [0.1, 0.15) is 51.3 Å². The molecule has 0 spiro atoms. The standard InChI is InChI=1S/C35H34N6O3S.C31H32N6O3.C28H33N7O3/c1-4-7-27-31-32(41(3)40-27)35(43)39-33(38-31)25-19-22(11-16-29(25)44-5-2)18-21-9-12-23(13-10-21)34(42)37-28-20-24(14-15-26(28)36)30-8-6-17-45-30;1-4-8-25-27-28(37(3)36-25)31(39)35-29(34-27)22-18-20(13-16-26(22)40-5-2)17-19-11-14-21(15-12-19)30(38)33-24-10-7-6-9-23(24)32;1-4-8-22-24-25(34(3)33-22)28(37)32-26(31-24)19-13-17(11-12-23(19)38-5-2)14-35-15-18(16-35)27(36)30-21-10-7-6-9-20(21)29/h6,8-17,19-20H,4-5,7,18,36H2,1-3H3,(H,37,42)(H,38,39,43);6-7,9-16,18H,4-5,8,17,32H2,1-3H3,(H,33,38)(H,34,35,39);6-7,9-13,18H,4-5,8,14-16,29H2,1-3H3,(H,30,36)(H,31,32,37). The SMILES string of the molecule is CCCc1nn(C)c2c(=O)[nH]c(-c3cc(CN4CC(C(=O)Nc5ccccc5N)C4)ccc3OCC)nc12.CCCc1nn(C)c2c(=O)[nH]c(-c3cc(Cc4ccc(C(=O)Nc5cc(-c6cccs6)ccc5N)cc4)ccc3OCC)nc12.CCCc1nn(C)c2c(=O)[nH]c(-c3cc(Cc4ccc(C(=O)Nc5ccccc5N)cc4)ccc3OCC)nc12. The van der Waals surface area contributed by atoms with Crippen LogP contribution in [0.25, 0.3) is 77.7 Å². The number of para-hydroxylation sites is 4. The van der Waals surface area contributed by atoms with Gasteiger partial charge < -0.3 is 62.3 Å². The number of thiophene rings is 1. The van der Waals surface area contributed by atoms with Gasteiger partial charge in [-0.3, -0.25) is 47.7 Å². The van der Waals surface area contributed by atoms with Crippen LogP contribution in [0.4, 0.5) is 34.1 Å². The number of nitrogens with zero attached hydrogens (tertiary/aromatic N) is 10. The zero-order chi connectivity index (χ0) is 86.5. The Hall–Kier alpha value is -14.3. The fraction of sp³-hybridized carbons (Fsp3) is 0.255. The summed E-state index contributed by atoms with van der Waals surface area (Å²) in [7, 11) is 5.29. The number of aromatic nitrogens is 12. The molecule has 1 aliphatic rings. The number of aryl methyl sites for hydroxylation is 6. The van der Waals surface area contributed by atoms with Gasteiger partial charge in [-0.1, -0.05) is 119 Å². The van der Waals surface area contributed by atoms with Crippen LogP contribution in [0.3, 0.4) is 0 Å². The Balaban J connectivity index is 0.000000151. The van der Waals surface area contributed by atoms with Crippen molar-refractivity contribution in [3.05, 3.63) is 274 Å². The number of hydrogen-bond acceptors (Lipinski definition) is 20. The molecule has 0 unspecified atom stereocenters. The highest BCUT2D eigenvalue weighted by atomic mass is 32.1. The van der Waals surface area contributed by atoms with Gasteiger partial charge in [0.25, 0.3) is 28.5 Å². The van der Waals surface area contributed by atoms with E-state index >= 15 is 0 Å². The number of nitrogen functional groups attached to an aromatic ring is 3. The van der Waals surface area contributed by atoms with Crippen molar-refractivity contribution in [2.75, 3.05) is 66.1 Å². The molecule has 16 rings (SSSR count). The second kappa shape index (κ2) is 38.4. The molecule has 12 N–H and O–H groups in total. The van der Waals surface area contributed by atoms with E-state index in [2.05, 4.69) is 71.9 Å². The molecule has 0 radical (unpaired) electrons. The van der Waals surface area contributed by atoms with Crippen molar-refractivity contribution in [1.29, 1.82) is 0 Å². The Bertz CT molecular complexity index is 6560. The summed E-state index contributed by atoms with van der Waals surface area (Å²) in [5.41, 5.74) is 35.7. The molecule has 123 heavy (non-hydrogen) atoms. The quantitative estimate of drug-likeness (QED) is 0.0206. The molecule has 0 bridgehead atoms. The number of amides is 3. The van der Waals surface area contributed by atoms with E-state index in [1.807, 2.05) is 172 Å². The molecule has 630 valence electrons. The highest BCUT2D eigenvalue weighted by molar-refractivity contribution is 7.13. The predicted molar refractivity (Wildman–Crippen MR) is 487 cm³/mol. The smallest absolute Gasteiger partial charge is 0.277 e. The summed E-state index contributed by atoms with van der Waals surface area (Å²) in [6.07, 6.45) is 6.14. The molecular formula is C94H99N19O9S. The van der Waals surface area contributed by atoms with Gasteiger partial charge in [0.2, 0.25) is 5.91 Å². The summed E-state index contributed by atoms with van der Waals surface area (Å²) in [5, 5.41) is 24.3. The largest absolute Gasteiger partial charge is 0.493 e. The van der Waals surface area contributed by atoms with Crippen molar-refractivity contribution in [3.8, 4) is 61.9 Å². The zero-order valence-corrected chi connectivity index (χ0v) is 71.0. The van der Waals surface area contributed by atoms with Crippen LogP contribution in [0.5, 0.6) is 17.2 Å². The van der Waals surface area contributed by atoms with Crippen LogP contribution >= 0.6 is 11.3 Å². The topological polar surface area (TPSA) is 387 Å². The lowest BCUT2D eigenvalue weighted by atomic mass is 9.97. The fourth-order valence-corrected chi connectivity index (χ4v) is 15.8. The van der Waals surface area contributed by atoms with Crippen molar-refractivity contribution in [2.24, 2.45) is 27.1 Å². The first-order valence-electron chi connectivity index (χ1n) is 41.2. The number of benzene rings is 8. The Morgan fingerprint density at radius 2 is 0.821 bits per heavy atom. The molecular weight excluding hydrogens is 1570 g/mol. The number of H-pyrrole nitrogens is 3. The van der Waals surface area contributed by atoms with E-state index in [9.17, 15) is 28.8 Å². The lowest BCUT2D eigenvalue weighted by Gasteiger charge is -2.38. The third kappa shape index (κ3) is 19.4. The van der Waals surface area contributed by atoms with E-state index in [0.29, 0.717) is 176 Å². The van der Waals surface area contributed by atoms with Crippen LogP contribution in [-0.4, -0.2) is 115 Å². The molecule has 29 heteroatoms. The van der Waals surface area contributed by atoms with Gasteiger partial charge in [-0.15, -0.1) is 11.3 Å². The van der Waals surface area contributed by atoms with Crippen molar-refractivity contribution >= 4 is 96.3 Å². The number of hydrogen-bond donors (Lipinski definition) is 9. The van der Waals surface area contributed by atoms with Gasteiger partial charge in [-0.05, 0) is 195 Å². The Morgan fingerprint density at radius 1 is 0.439 bits per heavy atom. The van der Waals surface area contributed by atoms with Gasteiger partial charge in [0.15, 0.2) is 16.6 Å². The molecule has 1 aliphatic heterocycles. The maximum absolute atomic E-state index is 13.1. The number of likely N-dealkylation sites (tertiary alicyclic amines) is 1. The number of carbonyl (C=O) groups is 3. The lowest BCUT2D eigenvalue weighted by Crippen LogP contribution is -2.51. The average molecular weight is 1670 g/mol. The first-order valence-corrected chi connectivity index (χ1v) is 42.1. The number of fused-ring (bicyclic) bond motifs is 3. The van der Waals surface area contributed by atoms with E-state index in [1.54, 1.807) is 82.9 Å².